The molecule has 0 saturated carbocycles. The zero-order valence-corrected chi connectivity index (χ0v) is 11.6. The van der Waals surface area contributed by atoms with Gasteiger partial charge in [0, 0.05) is 10.0 Å². The predicted molar refractivity (Wildman–Crippen MR) is 75.1 cm³/mol. The van der Waals surface area contributed by atoms with Crippen LogP contribution in [0.3, 0.4) is 0 Å². The maximum absolute atomic E-state index is 11.9. The summed E-state index contributed by atoms with van der Waals surface area (Å²) in [6.45, 7) is -0.0203. The molecule has 0 radical (unpaired) electrons. The molecule has 0 unspecified atom stereocenters. The second kappa shape index (κ2) is 6.17. The van der Waals surface area contributed by atoms with Gasteiger partial charge in [0.05, 0.1) is 11.6 Å². The molecule has 0 aliphatic carbocycles. The summed E-state index contributed by atoms with van der Waals surface area (Å²) >= 11 is 3.31. The fourth-order valence-corrected chi connectivity index (χ4v) is 1.76. The SMILES string of the molecule is N#Cc1ccc(OCC(=O)c2ccc(Br)cc2)cc1. The van der Waals surface area contributed by atoms with E-state index in [1.165, 1.54) is 0 Å². The molecule has 19 heavy (non-hydrogen) atoms. The number of benzene rings is 2. The van der Waals surface area contributed by atoms with E-state index >= 15 is 0 Å². The Bertz CT molecular complexity index is 612. The topological polar surface area (TPSA) is 50.1 Å². The average molecular weight is 316 g/mol. The van der Waals surface area contributed by atoms with Crippen molar-refractivity contribution in [1.29, 1.82) is 5.26 Å². The van der Waals surface area contributed by atoms with Gasteiger partial charge in [-0.15, -0.1) is 0 Å². The number of carbonyl (C=O) groups excluding carboxylic acids is 1. The molecule has 0 spiro atoms. The molecule has 0 bridgehead atoms. The Labute approximate surface area is 119 Å². The fourth-order valence-electron chi connectivity index (χ4n) is 1.49. The Morgan fingerprint density at radius 2 is 1.74 bits per heavy atom. The number of nitrogens with zero attached hydrogens (tertiary/aromatic N) is 1. The van der Waals surface area contributed by atoms with Gasteiger partial charge < -0.3 is 4.74 Å². The van der Waals surface area contributed by atoms with Crippen molar-refractivity contribution < 1.29 is 9.53 Å². The number of hydrogen-bond donors (Lipinski definition) is 0. The number of ketones is 1. The summed E-state index contributed by atoms with van der Waals surface area (Å²) in [5.74, 6) is 0.487. The predicted octanol–water partition coefficient (Wildman–Crippen LogP) is 3.58. The standard InChI is InChI=1S/C15H10BrNO2/c16-13-5-3-12(4-6-13)15(18)10-19-14-7-1-11(9-17)2-8-14/h1-8H,10H2. The Morgan fingerprint density at radius 1 is 1.11 bits per heavy atom. The van der Waals surface area contributed by atoms with Crippen molar-refractivity contribution in [2.45, 2.75) is 0 Å². The number of hydrogen-bond acceptors (Lipinski definition) is 3. The van der Waals surface area contributed by atoms with E-state index in [0.29, 0.717) is 16.9 Å². The maximum Gasteiger partial charge on any atom is 0.200 e. The molecule has 0 fully saturated rings. The molecule has 2 aromatic rings. The van der Waals surface area contributed by atoms with Gasteiger partial charge in [0.25, 0.3) is 0 Å². The molecule has 0 aliphatic heterocycles. The number of rotatable bonds is 4. The molecule has 0 saturated heterocycles. The molecular formula is C15H10BrNO2. The third-order valence-electron chi connectivity index (χ3n) is 2.52. The van der Waals surface area contributed by atoms with E-state index in [1.807, 2.05) is 18.2 Å². The molecule has 0 N–H and O–H groups in total. The van der Waals surface area contributed by atoms with Gasteiger partial charge in [-0.3, -0.25) is 4.79 Å². The lowest BCUT2D eigenvalue weighted by Gasteiger charge is -2.05. The van der Waals surface area contributed by atoms with Crippen molar-refractivity contribution in [1.82, 2.24) is 0 Å². The molecule has 0 amide bonds. The van der Waals surface area contributed by atoms with E-state index in [4.69, 9.17) is 10.00 Å². The van der Waals surface area contributed by atoms with E-state index in [-0.39, 0.29) is 12.4 Å². The Hall–Kier alpha value is -2.12. The number of halogens is 1. The normalized spacial score (nSPS) is 9.68. The van der Waals surface area contributed by atoms with E-state index in [0.717, 1.165) is 4.47 Å². The first-order chi connectivity index (χ1) is 9.19. The number of nitriles is 1. The van der Waals surface area contributed by atoms with Crippen LogP contribution in [0.4, 0.5) is 0 Å². The quantitative estimate of drug-likeness (QED) is 0.810. The Balaban J connectivity index is 1.96. The summed E-state index contributed by atoms with van der Waals surface area (Å²) < 4.78 is 6.31. The van der Waals surface area contributed by atoms with Gasteiger partial charge in [-0.25, -0.2) is 0 Å². The minimum Gasteiger partial charge on any atom is -0.485 e. The lowest BCUT2D eigenvalue weighted by Crippen LogP contribution is -2.11. The van der Waals surface area contributed by atoms with Crippen molar-refractivity contribution in [3.8, 4) is 11.8 Å². The van der Waals surface area contributed by atoms with Crippen LogP contribution < -0.4 is 4.74 Å². The fraction of sp³-hybridized carbons (Fsp3) is 0.0667. The van der Waals surface area contributed by atoms with E-state index in [9.17, 15) is 4.79 Å². The summed E-state index contributed by atoms with van der Waals surface area (Å²) in [6.07, 6.45) is 0. The Kier molecular flexibility index (Phi) is 4.32. The van der Waals surface area contributed by atoms with Crippen LogP contribution in [-0.2, 0) is 0 Å². The van der Waals surface area contributed by atoms with Crippen molar-refractivity contribution in [3.63, 3.8) is 0 Å². The smallest absolute Gasteiger partial charge is 0.200 e. The molecule has 0 aliphatic rings. The molecule has 0 aromatic heterocycles. The highest BCUT2D eigenvalue weighted by Gasteiger charge is 2.06. The molecule has 3 nitrogen and oxygen atoms in total. The van der Waals surface area contributed by atoms with E-state index < -0.39 is 0 Å². The molecular weight excluding hydrogens is 306 g/mol. The van der Waals surface area contributed by atoms with Gasteiger partial charge in [-0.2, -0.15) is 5.26 Å². The lowest BCUT2D eigenvalue weighted by molar-refractivity contribution is 0.0921. The first-order valence-corrected chi connectivity index (χ1v) is 6.40. The summed E-state index contributed by atoms with van der Waals surface area (Å²) in [6, 6.07) is 15.8. The van der Waals surface area contributed by atoms with Crippen molar-refractivity contribution >= 4 is 21.7 Å². The summed E-state index contributed by atoms with van der Waals surface area (Å²) in [7, 11) is 0. The van der Waals surface area contributed by atoms with Crippen LogP contribution in [-0.4, -0.2) is 12.4 Å². The van der Waals surface area contributed by atoms with Crippen LogP contribution in [0.5, 0.6) is 5.75 Å². The highest BCUT2D eigenvalue weighted by molar-refractivity contribution is 9.10. The van der Waals surface area contributed by atoms with Gasteiger partial charge in [0.2, 0.25) is 0 Å². The van der Waals surface area contributed by atoms with Crippen LogP contribution in [0, 0.1) is 11.3 Å². The highest BCUT2D eigenvalue weighted by Crippen LogP contribution is 2.14. The molecule has 94 valence electrons. The minimum atomic E-state index is -0.0862. The highest BCUT2D eigenvalue weighted by atomic mass is 79.9. The second-order valence-corrected chi connectivity index (χ2v) is 4.77. The van der Waals surface area contributed by atoms with Crippen LogP contribution in [0.25, 0.3) is 0 Å². The van der Waals surface area contributed by atoms with Gasteiger partial charge in [0.1, 0.15) is 5.75 Å². The first-order valence-electron chi connectivity index (χ1n) is 5.61. The monoisotopic (exact) mass is 315 g/mol. The van der Waals surface area contributed by atoms with Crippen molar-refractivity contribution in [3.05, 3.63) is 64.1 Å². The maximum atomic E-state index is 11.9. The van der Waals surface area contributed by atoms with Crippen molar-refractivity contribution in [2.75, 3.05) is 6.61 Å². The van der Waals surface area contributed by atoms with Crippen LogP contribution in [0.2, 0.25) is 0 Å². The largest absolute Gasteiger partial charge is 0.485 e. The van der Waals surface area contributed by atoms with Gasteiger partial charge in [0.15, 0.2) is 12.4 Å². The number of Topliss-reactive ketones (excluding diaryl/α,β-unsaturated/α-hetero) is 1. The third-order valence-corrected chi connectivity index (χ3v) is 3.05. The second-order valence-electron chi connectivity index (χ2n) is 3.85. The number of carbonyl (C=O) groups is 1. The molecule has 4 heteroatoms. The molecule has 2 aromatic carbocycles. The summed E-state index contributed by atoms with van der Waals surface area (Å²) in [5.41, 5.74) is 1.17. The minimum absolute atomic E-state index is 0.0203. The molecule has 2 rings (SSSR count). The van der Waals surface area contributed by atoms with Gasteiger partial charge in [-0.1, -0.05) is 28.1 Å². The van der Waals surface area contributed by atoms with Gasteiger partial charge in [-0.05, 0) is 36.4 Å². The summed E-state index contributed by atoms with van der Waals surface area (Å²) in [4.78, 5) is 11.9. The van der Waals surface area contributed by atoms with E-state index in [1.54, 1.807) is 36.4 Å². The van der Waals surface area contributed by atoms with Crippen molar-refractivity contribution in [2.24, 2.45) is 0 Å². The first kappa shape index (κ1) is 13.3. The van der Waals surface area contributed by atoms with Crippen LogP contribution in [0.1, 0.15) is 15.9 Å². The molecule has 0 atom stereocenters. The zero-order valence-electron chi connectivity index (χ0n) is 9.97. The van der Waals surface area contributed by atoms with Gasteiger partial charge >= 0.3 is 0 Å². The molecule has 0 heterocycles. The average Bonchev–Trinajstić information content (AvgIpc) is 2.46. The third kappa shape index (κ3) is 3.67. The zero-order chi connectivity index (χ0) is 13.7. The van der Waals surface area contributed by atoms with Crippen LogP contribution in [0.15, 0.2) is 53.0 Å². The van der Waals surface area contributed by atoms with Crippen LogP contribution >= 0.6 is 15.9 Å². The van der Waals surface area contributed by atoms with E-state index in [2.05, 4.69) is 15.9 Å². The summed E-state index contributed by atoms with van der Waals surface area (Å²) in [5, 5.41) is 8.67. The number of ether oxygens (including phenoxy) is 1. The Morgan fingerprint density at radius 3 is 2.32 bits per heavy atom. The lowest BCUT2D eigenvalue weighted by atomic mass is 10.1.